The van der Waals surface area contributed by atoms with Crippen molar-refractivity contribution in [2.75, 3.05) is 6.54 Å². The number of nitrogens with one attached hydrogen (secondary N) is 2. The summed E-state index contributed by atoms with van der Waals surface area (Å²) in [6.07, 6.45) is -9.79. The molecule has 0 aromatic heterocycles. The summed E-state index contributed by atoms with van der Waals surface area (Å²) >= 11 is 0. The minimum atomic E-state index is -4.90. The van der Waals surface area contributed by atoms with Crippen molar-refractivity contribution in [2.24, 2.45) is 0 Å². The third-order valence-corrected chi connectivity index (χ3v) is 2.78. The van der Waals surface area contributed by atoms with Gasteiger partial charge in [-0.05, 0) is 23.8 Å². The number of rotatable bonds is 1. The summed E-state index contributed by atoms with van der Waals surface area (Å²) in [7, 11) is 0. The van der Waals surface area contributed by atoms with E-state index in [-0.39, 0.29) is 18.2 Å². The molecule has 110 valence electrons. The van der Waals surface area contributed by atoms with Gasteiger partial charge >= 0.3 is 18.4 Å². The molecule has 1 fully saturated rings. The molecule has 0 radical (unpaired) electrons. The van der Waals surface area contributed by atoms with Gasteiger partial charge in [0.1, 0.15) is 0 Å². The minimum Gasteiger partial charge on any atom is -0.336 e. The van der Waals surface area contributed by atoms with Crippen LogP contribution in [0.5, 0.6) is 0 Å². The van der Waals surface area contributed by atoms with Crippen molar-refractivity contribution in [3.8, 4) is 0 Å². The Morgan fingerprint density at radius 3 is 1.80 bits per heavy atom. The molecule has 1 aliphatic heterocycles. The van der Waals surface area contributed by atoms with Gasteiger partial charge in [0.25, 0.3) is 0 Å². The van der Waals surface area contributed by atoms with E-state index in [2.05, 4.69) is 10.6 Å². The number of carbonyl (C=O) groups excluding carboxylic acids is 1. The summed E-state index contributed by atoms with van der Waals surface area (Å²) in [6.45, 7) is -0.0720. The lowest BCUT2D eigenvalue weighted by molar-refractivity contribution is -0.143. The molecule has 2 rings (SSSR count). The summed E-state index contributed by atoms with van der Waals surface area (Å²) in [4.78, 5) is 10.9. The molecule has 0 unspecified atom stereocenters. The van der Waals surface area contributed by atoms with E-state index in [1.54, 1.807) is 0 Å². The Morgan fingerprint density at radius 2 is 1.45 bits per heavy atom. The molecule has 1 aromatic carbocycles. The number of hydrogen-bond acceptors (Lipinski definition) is 1. The highest BCUT2D eigenvalue weighted by Gasteiger charge is 2.38. The molecule has 0 spiro atoms. The number of hydrogen-bond donors (Lipinski definition) is 2. The van der Waals surface area contributed by atoms with Crippen molar-refractivity contribution >= 4 is 6.03 Å². The molecule has 2 amide bonds. The zero-order chi connectivity index (χ0) is 15.1. The van der Waals surface area contributed by atoms with Gasteiger partial charge in [0, 0.05) is 6.54 Å². The lowest BCUT2D eigenvalue weighted by Crippen LogP contribution is -2.22. The SMILES string of the molecule is O=C1NC[C@@H](c2cc(C(F)(F)F)cc(C(F)(F)F)c2)N1. The number of alkyl halides is 6. The first-order valence-corrected chi connectivity index (χ1v) is 5.41. The van der Waals surface area contributed by atoms with Gasteiger partial charge in [-0.2, -0.15) is 26.3 Å². The normalized spacial score (nSPS) is 19.7. The van der Waals surface area contributed by atoms with Gasteiger partial charge in [0.15, 0.2) is 0 Å². The Kier molecular flexibility index (Phi) is 3.31. The third kappa shape index (κ3) is 2.97. The van der Waals surface area contributed by atoms with E-state index in [4.69, 9.17) is 0 Å². The average molecular weight is 298 g/mol. The van der Waals surface area contributed by atoms with E-state index in [0.29, 0.717) is 12.1 Å². The fourth-order valence-corrected chi connectivity index (χ4v) is 1.84. The van der Waals surface area contributed by atoms with Crippen LogP contribution in [0.4, 0.5) is 31.1 Å². The van der Waals surface area contributed by atoms with E-state index < -0.39 is 35.6 Å². The Balaban J connectivity index is 2.49. The van der Waals surface area contributed by atoms with Gasteiger partial charge in [0.2, 0.25) is 0 Å². The predicted molar refractivity (Wildman–Crippen MR) is 55.7 cm³/mol. The smallest absolute Gasteiger partial charge is 0.336 e. The van der Waals surface area contributed by atoms with Crippen LogP contribution in [0.1, 0.15) is 22.7 Å². The maximum atomic E-state index is 12.6. The highest BCUT2D eigenvalue weighted by molar-refractivity contribution is 5.76. The van der Waals surface area contributed by atoms with Crippen molar-refractivity contribution in [2.45, 2.75) is 18.4 Å². The van der Waals surface area contributed by atoms with Crippen LogP contribution in [-0.4, -0.2) is 12.6 Å². The number of amides is 2. The number of halogens is 6. The minimum absolute atomic E-state index is 0.0493. The van der Waals surface area contributed by atoms with Crippen LogP contribution in [0.25, 0.3) is 0 Å². The third-order valence-electron chi connectivity index (χ3n) is 2.78. The Labute approximate surface area is 109 Å². The zero-order valence-electron chi connectivity index (χ0n) is 9.69. The lowest BCUT2D eigenvalue weighted by atomic mass is 10.00. The van der Waals surface area contributed by atoms with Crippen molar-refractivity contribution in [1.82, 2.24) is 10.6 Å². The van der Waals surface area contributed by atoms with E-state index in [0.717, 1.165) is 0 Å². The van der Waals surface area contributed by atoms with Crippen molar-refractivity contribution in [3.63, 3.8) is 0 Å². The highest BCUT2D eigenvalue weighted by Crippen LogP contribution is 2.37. The molecule has 9 heteroatoms. The molecular weight excluding hydrogens is 290 g/mol. The van der Waals surface area contributed by atoms with Crippen LogP contribution in [0.15, 0.2) is 18.2 Å². The molecule has 0 aliphatic carbocycles. The van der Waals surface area contributed by atoms with Gasteiger partial charge < -0.3 is 10.6 Å². The Morgan fingerprint density at radius 1 is 0.950 bits per heavy atom. The fraction of sp³-hybridized carbons (Fsp3) is 0.364. The Hall–Kier alpha value is -1.93. The van der Waals surface area contributed by atoms with E-state index in [1.165, 1.54) is 0 Å². The molecule has 2 N–H and O–H groups in total. The number of benzene rings is 1. The molecule has 0 saturated carbocycles. The first-order valence-electron chi connectivity index (χ1n) is 5.41. The topological polar surface area (TPSA) is 41.1 Å². The second-order valence-corrected chi connectivity index (χ2v) is 4.25. The summed E-state index contributed by atoms with van der Waals surface area (Å²) in [5, 5.41) is 4.51. The molecule has 1 aliphatic rings. The molecular formula is C11H8F6N2O. The largest absolute Gasteiger partial charge is 0.416 e. The molecule has 1 aromatic rings. The molecule has 1 heterocycles. The van der Waals surface area contributed by atoms with Crippen LogP contribution in [0.3, 0.4) is 0 Å². The highest BCUT2D eigenvalue weighted by atomic mass is 19.4. The van der Waals surface area contributed by atoms with E-state index >= 15 is 0 Å². The van der Waals surface area contributed by atoms with Crippen molar-refractivity contribution < 1.29 is 31.1 Å². The predicted octanol–water partition coefficient (Wildman–Crippen LogP) is 3.08. The van der Waals surface area contributed by atoms with Crippen LogP contribution in [0.2, 0.25) is 0 Å². The van der Waals surface area contributed by atoms with Gasteiger partial charge in [-0.25, -0.2) is 4.79 Å². The van der Waals surface area contributed by atoms with Crippen molar-refractivity contribution in [1.29, 1.82) is 0 Å². The lowest BCUT2D eigenvalue weighted by Gasteiger charge is -2.16. The summed E-state index contributed by atoms with van der Waals surface area (Å²) in [5.74, 6) is 0. The molecule has 3 nitrogen and oxygen atoms in total. The van der Waals surface area contributed by atoms with E-state index in [9.17, 15) is 31.1 Å². The summed E-state index contributed by atoms with van der Waals surface area (Å²) < 4.78 is 75.8. The zero-order valence-corrected chi connectivity index (χ0v) is 9.69. The molecule has 1 saturated heterocycles. The van der Waals surface area contributed by atoms with Gasteiger partial charge in [0.05, 0.1) is 17.2 Å². The number of carbonyl (C=O) groups is 1. The van der Waals surface area contributed by atoms with Crippen LogP contribution in [0, 0.1) is 0 Å². The number of urea groups is 1. The molecule has 20 heavy (non-hydrogen) atoms. The quantitative estimate of drug-likeness (QED) is 0.769. The van der Waals surface area contributed by atoms with E-state index in [1.807, 2.05) is 0 Å². The average Bonchev–Trinajstić information content (AvgIpc) is 2.73. The standard InChI is InChI=1S/C11H8F6N2O/c12-10(13,14)6-1-5(8-4-18-9(20)19-8)2-7(3-6)11(15,16)17/h1-3,8H,4H2,(H2,18,19,20)/t8-/m0/s1. The van der Waals surface area contributed by atoms with Crippen LogP contribution < -0.4 is 10.6 Å². The van der Waals surface area contributed by atoms with Crippen LogP contribution >= 0.6 is 0 Å². The van der Waals surface area contributed by atoms with Gasteiger partial charge in [-0.3, -0.25) is 0 Å². The van der Waals surface area contributed by atoms with Crippen LogP contribution in [-0.2, 0) is 12.4 Å². The first-order chi connectivity index (χ1) is 9.07. The second kappa shape index (κ2) is 4.57. The monoisotopic (exact) mass is 298 g/mol. The maximum absolute atomic E-state index is 12.6. The fourth-order valence-electron chi connectivity index (χ4n) is 1.84. The Bertz CT molecular complexity index is 504. The van der Waals surface area contributed by atoms with Crippen molar-refractivity contribution in [3.05, 3.63) is 34.9 Å². The summed E-state index contributed by atoms with van der Waals surface area (Å²) in [5.41, 5.74) is -3.04. The van der Waals surface area contributed by atoms with Gasteiger partial charge in [-0.15, -0.1) is 0 Å². The summed E-state index contributed by atoms with van der Waals surface area (Å²) in [6, 6.07) is -0.305. The van der Waals surface area contributed by atoms with Gasteiger partial charge in [-0.1, -0.05) is 0 Å². The maximum Gasteiger partial charge on any atom is 0.416 e. The second-order valence-electron chi connectivity index (χ2n) is 4.25. The molecule has 1 atom stereocenters. The first kappa shape index (κ1) is 14.5. The molecule has 0 bridgehead atoms.